The Kier molecular flexibility index (Phi) is 3.76. The Morgan fingerprint density at radius 1 is 0.714 bits per heavy atom. The first kappa shape index (κ1) is 10.9. The molecule has 2 aromatic rings. The Morgan fingerprint density at radius 3 is 2.00 bits per heavy atom. The van der Waals surface area contributed by atoms with E-state index in [1.165, 1.54) is 0 Å². The van der Waals surface area contributed by atoms with Gasteiger partial charge < -0.3 is 5.11 Å². The maximum Gasteiger partial charge on any atom is 0.187 e. The van der Waals surface area contributed by atoms with Gasteiger partial charge in [0.15, 0.2) is 17.4 Å². The number of benzene rings is 2. The fourth-order valence-corrected chi connectivity index (χ4v) is 1.32. The molecule has 0 saturated carbocycles. The first-order valence-electron chi connectivity index (χ1n) is 4.21. The summed E-state index contributed by atoms with van der Waals surface area (Å²) >= 11 is 0. The van der Waals surface area contributed by atoms with Gasteiger partial charge in [-0.15, -0.1) is 0 Å². The van der Waals surface area contributed by atoms with Crippen LogP contribution in [0.15, 0.2) is 54.6 Å². The molecule has 0 spiro atoms. The van der Waals surface area contributed by atoms with Gasteiger partial charge in [-0.05, 0) is 23.3 Å². The first-order chi connectivity index (χ1) is 6.36. The van der Waals surface area contributed by atoms with Gasteiger partial charge in [0, 0.05) is 0 Å². The predicted octanol–water partition coefficient (Wildman–Crippen LogP) is 1.88. The summed E-state index contributed by atoms with van der Waals surface area (Å²) < 4.78 is 0. The van der Waals surface area contributed by atoms with Crippen LogP contribution in [0.5, 0.6) is 5.75 Å². The predicted molar refractivity (Wildman–Crippen MR) is 63.5 cm³/mol. The zero-order valence-corrected chi connectivity index (χ0v) is 7.14. The van der Waals surface area contributed by atoms with Crippen molar-refractivity contribution in [3.05, 3.63) is 54.6 Å². The number of hydrogen-bond donors (Lipinski definition) is 1. The van der Waals surface area contributed by atoms with E-state index < -0.39 is 0 Å². The molecule has 0 heterocycles. The standard InChI is InChI=1S/C12H10O.Al.3H/c13-12-8-4-7-11(9-12)10-5-2-1-3-6-10;;;;/h1-9,13H;;;;. The Hall–Kier alpha value is -1.23. The summed E-state index contributed by atoms with van der Waals surface area (Å²) in [5.41, 5.74) is 2.17. The summed E-state index contributed by atoms with van der Waals surface area (Å²) in [4.78, 5) is 0. The van der Waals surface area contributed by atoms with Crippen molar-refractivity contribution in [3.8, 4) is 16.9 Å². The molecule has 1 nitrogen and oxygen atoms in total. The molecule has 0 aliphatic rings. The van der Waals surface area contributed by atoms with Crippen molar-refractivity contribution in [3.63, 3.8) is 0 Å². The molecule has 0 aromatic heterocycles. The van der Waals surface area contributed by atoms with E-state index in [0.29, 0.717) is 5.75 Å². The van der Waals surface area contributed by atoms with E-state index in [-0.39, 0.29) is 17.4 Å². The molecule has 0 unspecified atom stereocenters. The first-order valence-corrected chi connectivity index (χ1v) is 4.21. The van der Waals surface area contributed by atoms with Crippen LogP contribution in [-0.2, 0) is 0 Å². The largest absolute Gasteiger partial charge is 0.508 e. The maximum atomic E-state index is 9.27. The highest BCUT2D eigenvalue weighted by atomic mass is 27.0. The quantitative estimate of drug-likeness (QED) is 0.697. The summed E-state index contributed by atoms with van der Waals surface area (Å²) in [7, 11) is 0. The SMILES string of the molecule is Oc1cccc(-c2ccccc2)c1.[AlH3]. The molecular formula is C12H13AlO. The van der Waals surface area contributed by atoms with Crippen LogP contribution in [0.1, 0.15) is 0 Å². The maximum absolute atomic E-state index is 9.27. The van der Waals surface area contributed by atoms with Crippen molar-refractivity contribution in [1.82, 2.24) is 0 Å². The zero-order chi connectivity index (χ0) is 9.10. The number of aromatic hydroxyl groups is 1. The number of phenols is 1. The summed E-state index contributed by atoms with van der Waals surface area (Å²) in [5, 5.41) is 9.27. The fourth-order valence-electron chi connectivity index (χ4n) is 1.32. The Labute approximate surface area is 94.2 Å². The Morgan fingerprint density at radius 2 is 1.36 bits per heavy atom. The van der Waals surface area contributed by atoms with Gasteiger partial charge in [0.1, 0.15) is 5.75 Å². The van der Waals surface area contributed by atoms with Crippen LogP contribution in [0.25, 0.3) is 11.1 Å². The lowest BCUT2D eigenvalue weighted by Gasteiger charge is -2.00. The molecule has 70 valence electrons. The lowest BCUT2D eigenvalue weighted by molar-refractivity contribution is 0.475. The second-order valence-corrected chi connectivity index (χ2v) is 2.92. The van der Waals surface area contributed by atoms with E-state index in [1.807, 2.05) is 42.5 Å². The zero-order valence-electron chi connectivity index (χ0n) is 7.14. The molecule has 0 amide bonds. The molecule has 2 rings (SSSR count). The van der Waals surface area contributed by atoms with Crippen LogP contribution < -0.4 is 0 Å². The van der Waals surface area contributed by atoms with Crippen LogP contribution in [0.2, 0.25) is 0 Å². The highest BCUT2D eigenvalue weighted by molar-refractivity contribution is 5.75. The van der Waals surface area contributed by atoms with Crippen LogP contribution in [-0.4, -0.2) is 22.5 Å². The molecule has 2 heteroatoms. The van der Waals surface area contributed by atoms with E-state index in [4.69, 9.17) is 0 Å². The van der Waals surface area contributed by atoms with Gasteiger partial charge in [-0.3, -0.25) is 0 Å². The Bertz CT molecular complexity index is 398. The molecule has 0 saturated heterocycles. The topological polar surface area (TPSA) is 20.2 Å². The van der Waals surface area contributed by atoms with Crippen molar-refractivity contribution < 1.29 is 5.11 Å². The highest BCUT2D eigenvalue weighted by Crippen LogP contribution is 2.22. The van der Waals surface area contributed by atoms with Crippen LogP contribution in [0.3, 0.4) is 0 Å². The fraction of sp³-hybridized carbons (Fsp3) is 0. The van der Waals surface area contributed by atoms with Crippen LogP contribution >= 0.6 is 0 Å². The van der Waals surface area contributed by atoms with Crippen LogP contribution in [0.4, 0.5) is 0 Å². The van der Waals surface area contributed by atoms with Gasteiger partial charge in [0.05, 0.1) is 0 Å². The number of hydrogen-bond acceptors (Lipinski definition) is 1. The summed E-state index contributed by atoms with van der Waals surface area (Å²) in [6.45, 7) is 0. The van der Waals surface area contributed by atoms with E-state index in [0.717, 1.165) is 11.1 Å². The smallest absolute Gasteiger partial charge is 0.187 e. The minimum absolute atomic E-state index is 0. The van der Waals surface area contributed by atoms with Crippen molar-refractivity contribution in [2.24, 2.45) is 0 Å². The average molecular weight is 200 g/mol. The lowest BCUT2D eigenvalue weighted by Crippen LogP contribution is -1.75. The number of phenolic OH excluding ortho intramolecular Hbond substituents is 1. The minimum Gasteiger partial charge on any atom is -0.508 e. The van der Waals surface area contributed by atoms with Gasteiger partial charge in [0.25, 0.3) is 0 Å². The highest BCUT2D eigenvalue weighted by Gasteiger charge is 1.95. The molecule has 0 bridgehead atoms. The lowest BCUT2D eigenvalue weighted by atomic mass is 10.1. The van der Waals surface area contributed by atoms with E-state index in [2.05, 4.69) is 0 Å². The molecule has 0 atom stereocenters. The normalized spacial score (nSPS) is 9.14. The van der Waals surface area contributed by atoms with Crippen molar-refractivity contribution in [2.45, 2.75) is 0 Å². The van der Waals surface area contributed by atoms with E-state index in [9.17, 15) is 5.11 Å². The van der Waals surface area contributed by atoms with Crippen molar-refractivity contribution in [2.75, 3.05) is 0 Å². The summed E-state index contributed by atoms with van der Waals surface area (Å²) in [5.74, 6) is 0.307. The second kappa shape index (κ2) is 4.86. The van der Waals surface area contributed by atoms with Gasteiger partial charge in [-0.2, -0.15) is 0 Å². The van der Waals surface area contributed by atoms with Gasteiger partial charge in [-0.25, -0.2) is 0 Å². The summed E-state index contributed by atoms with van der Waals surface area (Å²) in [6.07, 6.45) is 0. The molecule has 14 heavy (non-hydrogen) atoms. The monoisotopic (exact) mass is 200 g/mol. The van der Waals surface area contributed by atoms with Gasteiger partial charge in [0.2, 0.25) is 0 Å². The number of rotatable bonds is 1. The van der Waals surface area contributed by atoms with E-state index in [1.54, 1.807) is 12.1 Å². The van der Waals surface area contributed by atoms with Crippen molar-refractivity contribution in [1.29, 1.82) is 0 Å². The molecule has 0 radical (unpaired) electrons. The molecule has 0 aliphatic heterocycles. The van der Waals surface area contributed by atoms with Crippen molar-refractivity contribution >= 4 is 17.4 Å². The molecule has 2 aromatic carbocycles. The van der Waals surface area contributed by atoms with Crippen LogP contribution in [0, 0.1) is 0 Å². The third-order valence-corrected chi connectivity index (χ3v) is 1.95. The molecule has 1 N–H and O–H groups in total. The minimum atomic E-state index is 0. The second-order valence-electron chi connectivity index (χ2n) is 2.92. The average Bonchev–Trinajstić information content (AvgIpc) is 2.19. The molecule has 0 aliphatic carbocycles. The Balaban J connectivity index is 0.000000980. The van der Waals surface area contributed by atoms with E-state index >= 15 is 0 Å². The third-order valence-electron chi connectivity index (χ3n) is 1.95. The van der Waals surface area contributed by atoms with Gasteiger partial charge in [-0.1, -0.05) is 42.5 Å². The summed E-state index contributed by atoms with van der Waals surface area (Å²) in [6, 6.07) is 17.3. The molecular weight excluding hydrogens is 187 g/mol. The molecule has 0 fully saturated rings. The van der Waals surface area contributed by atoms with Gasteiger partial charge >= 0.3 is 0 Å². The third kappa shape index (κ3) is 2.38.